The molecule has 0 aromatic heterocycles. The number of aliphatic hydroxyl groups excluding tert-OH is 1. The van der Waals surface area contributed by atoms with Crippen LogP contribution in [0.2, 0.25) is 0 Å². The van der Waals surface area contributed by atoms with Crippen LogP contribution in [0, 0.1) is 23.7 Å². The van der Waals surface area contributed by atoms with Gasteiger partial charge in [0.25, 0.3) is 0 Å². The summed E-state index contributed by atoms with van der Waals surface area (Å²) in [6.45, 7) is 10.6. The highest BCUT2D eigenvalue weighted by atomic mass is 16.4. The van der Waals surface area contributed by atoms with Crippen molar-refractivity contribution < 1.29 is 15.0 Å². The molecule has 2 aliphatic carbocycles. The summed E-state index contributed by atoms with van der Waals surface area (Å²) in [6, 6.07) is 0. The van der Waals surface area contributed by atoms with E-state index in [0.717, 1.165) is 24.8 Å². The second-order valence-corrected chi connectivity index (χ2v) is 7.52. The maximum Gasteiger partial charge on any atom is 0.333 e. The molecular weight excluding hydrogens is 288 g/mol. The zero-order valence-electron chi connectivity index (χ0n) is 14.6. The lowest BCUT2D eigenvalue weighted by Crippen LogP contribution is -2.34. The smallest absolute Gasteiger partial charge is 0.333 e. The minimum Gasteiger partial charge on any atom is -0.478 e. The number of carboxylic acids is 1. The average molecular weight is 318 g/mol. The van der Waals surface area contributed by atoms with E-state index in [2.05, 4.69) is 20.4 Å². The lowest BCUT2D eigenvalue weighted by atomic mass is 9.63. The minimum atomic E-state index is -0.999. The summed E-state index contributed by atoms with van der Waals surface area (Å²) < 4.78 is 0. The first-order valence-corrected chi connectivity index (χ1v) is 8.75. The first-order valence-electron chi connectivity index (χ1n) is 8.75. The molecule has 3 heteroatoms. The Balaban J connectivity index is 2.47. The van der Waals surface area contributed by atoms with Crippen LogP contribution in [0.3, 0.4) is 0 Å². The van der Waals surface area contributed by atoms with Crippen LogP contribution < -0.4 is 0 Å². The minimum absolute atomic E-state index is 0.159. The van der Waals surface area contributed by atoms with Crippen molar-refractivity contribution in [2.45, 2.75) is 59.0 Å². The number of aliphatic hydroxyl groups is 1. The fourth-order valence-corrected chi connectivity index (χ4v) is 4.29. The van der Waals surface area contributed by atoms with E-state index in [1.807, 2.05) is 19.1 Å². The van der Waals surface area contributed by atoms with Crippen molar-refractivity contribution in [2.24, 2.45) is 23.7 Å². The van der Waals surface area contributed by atoms with Crippen LogP contribution in [-0.4, -0.2) is 22.3 Å². The number of carbonyl (C=O) groups is 1. The molecule has 5 atom stereocenters. The third kappa shape index (κ3) is 4.14. The van der Waals surface area contributed by atoms with Crippen LogP contribution in [0.4, 0.5) is 0 Å². The van der Waals surface area contributed by atoms with Gasteiger partial charge in [-0.1, -0.05) is 36.8 Å². The Bertz CT molecular complexity index is 529. The Kier molecular flexibility index (Phi) is 5.85. The Morgan fingerprint density at radius 1 is 1.30 bits per heavy atom. The van der Waals surface area contributed by atoms with Crippen molar-refractivity contribution in [1.82, 2.24) is 0 Å². The van der Waals surface area contributed by atoms with E-state index in [1.165, 1.54) is 12.0 Å². The van der Waals surface area contributed by atoms with Gasteiger partial charge in [0.05, 0.1) is 11.7 Å². The van der Waals surface area contributed by atoms with Crippen LogP contribution in [0.25, 0.3) is 0 Å². The van der Waals surface area contributed by atoms with Gasteiger partial charge in [0.2, 0.25) is 0 Å². The molecule has 0 saturated heterocycles. The highest BCUT2D eigenvalue weighted by molar-refractivity contribution is 5.87. The van der Waals surface area contributed by atoms with Gasteiger partial charge in [-0.2, -0.15) is 0 Å². The van der Waals surface area contributed by atoms with Gasteiger partial charge in [0.15, 0.2) is 0 Å². The van der Waals surface area contributed by atoms with Crippen molar-refractivity contribution in [3.05, 3.63) is 35.5 Å². The Labute approximate surface area is 139 Å². The van der Waals surface area contributed by atoms with Gasteiger partial charge in [0, 0.05) is 0 Å². The molecule has 2 aliphatic rings. The van der Waals surface area contributed by atoms with Crippen LogP contribution in [0.15, 0.2) is 35.5 Å². The molecular formula is C20H30O3. The Hall–Kier alpha value is -1.35. The van der Waals surface area contributed by atoms with E-state index in [1.54, 1.807) is 0 Å². The van der Waals surface area contributed by atoms with Gasteiger partial charge in [-0.3, -0.25) is 0 Å². The molecule has 0 heterocycles. The van der Waals surface area contributed by atoms with Crippen LogP contribution in [-0.2, 0) is 4.79 Å². The largest absolute Gasteiger partial charge is 0.478 e. The van der Waals surface area contributed by atoms with Crippen molar-refractivity contribution in [2.75, 3.05) is 0 Å². The van der Waals surface area contributed by atoms with E-state index in [-0.39, 0.29) is 11.5 Å². The molecule has 0 aromatic carbocycles. The average Bonchev–Trinajstić information content (AvgIpc) is 2.48. The number of aliphatic carboxylic acids is 1. The zero-order valence-corrected chi connectivity index (χ0v) is 14.6. The fourth-order valence-electron chi connectivity index (χ4n) is 4.29. The third-order valence-electron chi connectivity index (χ3n) is 5.80. The third-order valence-corrected chi connectivity index (χ3v) is 5.80. The summed E-state index contributed by atoms with van der Waals surface area (Å²) in [5.41, 5.74) is 2.54. The molecule has 0 aromatic rings. The summed E-state index contributed by atoms with van der Waals surface area (Å²) in [7, 11) is 0. The van der Waals surface area contributed by atoms with Gasteiger partial charge >= 0.3 is 5.97 Å². The van der Waals surface area contributed by atoms with Gasteiger partial charge in [-0.05, 0) is 69.6 Å². The fraction of sp³-hybridized carbons (Fsp3) is 0.650. The highest BCUT2D eigenvalue weighted by Gasteiger charge is 2.37. The molecule has 0 amide bonds. The SMILES string of the molecule is C=C(C)[C@@H]1CC[C@H](C)[C@H]2CCC(C)=CC[C@H](O)C(C(=O)O)=C[C@H]21. The van der Waals surface area contributed by atoms with Crippen molar-refractivity contribution >= 4 is 5.97 Å². The lowest BCUT2D eigenvalue weighted by Gasteiger charge is -2.42. The molecule has 2 rings (SSSR count). The first kappa shape index (κ1) is 18.0. The molecule has 3 nitrogen and oxygen atoms in total. The zero-order chi connectivity index (χ0) is 17.1. The molecule has 0 aliphatic heterocycles. The van der Waals surface area contributed by atoms with Gasteiger partial charge in [-0.25, -0.2) is 4.79 Å². The standard InChI is InChI=1S/C20H30O3/c1-12(2)15-9-7-14(4)16-8-5-13(3)6-10-19(21)18(20(22)23)11-17(15)16/h6,11,14-17,19,21H,1,5,7-10H2,2-4H3,(H,22,23)/t14-,15-,16+,17-,19-/m0/s1. The second kappa shape index (κ2) is 7.48. The monoisotopic (exact) mass is 318 g/mol. The molecule has 128 valence electrons. The molecule has 0 bridgehead atoms. The molecule has 23 heavy (non-hydrogen) atoms. The molecule has 0 radical (unpaired) electrons. The number of carboxylic acid groups (broad SMARTS) is 1. The Morgan fingerprint density at radius 2 is 2.00 bits per heavy atom. The van der Waals surface area contributed by atoms with E-state index < -0.39 is 12.1 Å². The van der Waals surface area contributed by atoms with Gasteiger partial charge in [0.1, 0.15) is 0 Å². The maximum absolute atomic E-state index is 11.7. The Morgan fingerprint density at radius 3 is 2.61 bits per heavy atom. The topological polar surface area (TPSA) is 57.5 Å². The van der Waals surface area contributed by atoms with E-state index in [9.17, 15) is 15.0 Å². The molecule has 0 spiro atoms. The van der Waals surface area contributed by atoms with Gasteiger partial charge < -0.3 is 10.2 Å². The van der Waals surface area contributed by atoms with Crippen molar-refractivity contribution in [3.8, 4) is 0 Å². The van der Waals surface area contributed by atoms with E-state index in [0.29, 0.717) is 24.2 Å². The van der Waals surface area contributed by atoms with Crippen LogP contribution in [0.5, 0.6) is 0 Å². The van der Waals surface area contributed by atoms with Gasteiger partial charge in [-0.15, -0.1) is 0 Å². The summed E-state index contributed by atoms with van der Waals surface area (Å²) in [5.74, 6) is 0.519. The van der Waals surface area contributed by atoms with Crippen LogP contribution in [0.1, 0.15) is 52.9 Å². The quantitative estimate of drug-likeness (QED) is 0.745. The number of rotatable bonds is 2. The summed E-state index contributed by atoms with van der Waals surface area (Å²) >= 11 is 0. The summed E-state index contributed by atoms with van der Waals surface area (Å²) in [5, 5.41) is 19.9. The number of hydrogen-bond acceptors (Lipinski definition) is 2. The summed E-state index contributed by atoms with van der Waals surface area (Å²) in [4.78, 5) is 11.7. The first-order chi connectivity index (χ1) is 10.8. The number of hydrogen-bond donors (Lipinski definition) is 2. The van der Waals surface area contributed by atoms with Crippen molar-refractivity contribution in [3.63, 3.8) is 0 Å². The predicted molar refractivity (Wildman–Crippen MR) is 93.0 cm³/mol. The van der Waals surface area contributed by atoms with E-state index in [4.69, 9.17) is 0 Å². The molecule has 1 saturated carbocycles. The predicted octanol–water partition coefficient (Wildman–Crippen LogP) is 4.34. The highest BCUT2D eigenvalue weighted by Crippen LogP contribution is 2.45. The number of fused-ring (bicyclic) bond motifs is 1. The van der Waals surface area contributed by atoms with E-state index >= 15 is 0 Å². The normalized spacial score (nSPS) is 35.6. The number of allylic oxidation sites excluding steroid dienone is 3. The van der Waals surface area contributed by atoms with Crippen molar-refractivity contribution in [1.29, 1.82) is 0 Å². The molecule has 1 fully saturated rings. The second-order valence-electron chi connectivity index (χ2n) is 7.52. The molecule has 2 N–H and O–H groups in total. The maximum atomic E-state index is 11.7. The lowest BCUT2D eigenvalue weighted by molar-refractivity contribution is -0.133. The molecule has 0 unspecified atom stereocenters. The summed E-state index contributed by atoms with van der Waals surface area (Å²) in [6.07, 6.45) is 7.65. The van der Waals surface area contributed by atoms with Crippen LogP contribution >= 0.6 is 0 Å².